The van der Waals surface area contributed by atoms with Crippen LogP contribution in [0, 0.1) is 5.82 Å². The van der Waals surface area contributed by atoms with E-state index in [1.54, 1.807) is 23.0 Å². The quantitative estimate of drug-likeness (QED) is 0.774. The fourth-order valence-electron chi connectivity index (χ4n) is 2.99. The van der Waals surface area contributed by atoms with Gasteiger partial charge in [0.25, 0.3) is 0 Å². The molecule has 0 radical (unpaired) electrons. The summed E-state index contributed by atoms with van der Waals surface area (Å²) in [4.78, 5) is 15.3. The number of rotatable bonds is 4. The van der Waals surface area contributed by atoms with E-state index in [2.05, 4.69) is 19.9 Å². The van der Waals surface area contributed by atoms with Gasteiger partial charge in [-0.2, -0.15) is 0 Å². The smallest absolute Gasteiger partial charge is 0.165 e. The second-order valence-corrected chi connectivity index (χ2v) is 5.93. The number of halogens is 1. The van der Waals surface area contributed by atoms with Crippen molar-refractivity contribution in [3.63, 3.8) is 0 Å². The Morgan fingerprint density at radius 3 is 2.64 bits per heavy atom. The summed E-state index contributed by atoms with van der Waals surface area (Å²) in [5.74, 6) is 0.454. The summed E-state index contributed by atoms with van der Waals surface area (Å²) in [6.45, 7) is 3.13. The Bertz CT molecular complexity index is 861. The summed E-state index contributed by atoms with van der Waals surface area (Å²) >= 11 is 0. The van der Waals surface area contributed by atoms with Crippen LogP contribution in [-0.4, -0.2) is 50.9 Å². The predicted octanol–water partition coefficient (Wildman–Crippen LogP) is 1.54. The Morgan fingerprint density at radius 1 is 1.12 bits per heavy atom. The summed E-state index contributed by atoms with van der Waals surface area (Å²) < 4.78 is 20.2. The highest BCUT2D eigenvalue weighted by Gasteiger charge is 2.19. The van der Waals surface area contributed by atoms with Gasteiger partial charge in [0.15, 0.2) is 17.0 Å². The van der Waals surface area contributed by atoms with Gasteiger partial charge in [-0.15, -0.1) is 0 Å². The lowest BCUT2D eigenvalue weighted by atomic mass is 10.1. The third-order valence-electron chi connectivity index (χ3n) is 4.32. The lowest BCUT2D eigenvalue weighted by Crippen LogP contribution is -2.37. The van der Waals surface area contributed by atoms with Crippen LogP contribution in [-0.2, 0) is 11.3 Å². The Hall–Kier alpha value is -2.58. The summed E-state index contributed by atoms with van der Waals surface area (Å²) in [6.07, 6.45) is 2.38. The fourth-order valence-corrected chi connectivity index (χ4v) is 2.99. The van der Waals surface area contributed by atoms with Crippen molar-refractivity contribution in [2.75, 3.05) is 31.2 Å². The van der Waals surface area contributed by atoms with E-state index in [0.29, 0.717) is 29.9 Å². The molecular formula is C17H18FN5O2. The normalized spacial score (nSPS) is 16.3. The molecule has 0 spiro atoms. The van der Waals surface area contributed by atoms with Crippen LogP contribution in [0.5, 0.6) is 0 Å². The molecule has 2 aromatic heterocycles. The van der Waals surface area contributed by atoms with E-state index in [9.17, 15) is 9.50 Å². The van der Waals surface area contributed by atoms with Crippen molar-refractivity contribution < 1.29 is 14.2 Å². The van der Waals surface area contributed by atoms with Gasteiger partial charge in [0.1, 0.15) is 12.1 Å². The summed E-state index contributed by atoms with van der Waals surface area (Å²) in [5, 5.41) is 10.4. The Labute approximate surface area is 143 Å². The highest BCUT2D eigenvalue weighted by molar-refractivity contribution is 5.83. The Morgan fingerprint density at radius 2 is 1.88 bits per heavy atom. The van der Waals surface area contributed by atoms with Crippen LogP contribution >= 0.6 is 0 Å². The van der Waals surface area contributed by atoms with Gasteiger partial charge in [0.2, 0.25) is 0 Å². The zero-order valence-corrected chi connectivity index (χ0v) is 13.5. The van der Waals surface area contributed by atoms with E-state index in [4.69, 9.17) is 4.74 Å². The monoisotopic (exact) mass is 343 g/mol. The zero-order chi connectivity index (χ0) is 17.2. The number of hydrogen-bond acceptors (Lipinski definition) is 6. The molecule has 0 amide bonds. The maximum Gasteiger partial charge on any atom is 0.165 e. The molecular weight excluding hydrogens is 325 g/mol. The number of aliphatic hydroxyl groups is 1. The van der Waals surface area contributed by atoms with E-state index in [1.165, 1.54) is 18.5 Å². The van der Waals surface area contributed by atoms with Crippen molar-refractivity contribution in [3.05, 3.63) is 48.3 Å². The van der Waals surface area contributed by atoms with Crippen LogP contribution < -0.4 is 4.90 Å². The van der Waals surface area contributed by atoms with Gasteiger partial charge in [-0.05, 0) is 17.7 Å². The molecule has 1 aliphatic rings. The third-order valence-corrected chi connectivity index (χ3v) is 4.32. The molecule has 130 valence electrons. The zero-order valence-electron chi connectivity index (χ0n) is 13.5. The number of aliphatic hydroxyl groups excluding tert-OH is 1. The average molecular weight is 343 g/mol. The van der Waals surface area contributed by atoms with Gasteiger partial charge in [0, 0.05) is 13.1 Å². The van der Waals surface area contributed by atoms with E-state index < -0.39 is 6.10 Å². The van der Waals surface area contributed by atoms with Crippen molar-refractivity contribution in [1.82, 2.24) is 19.5 Å². The molecule has 25 heavy (non-hydrogen) atoms. The van der Waals surface area contributed by atoms with Gasteiger partial charge in [0.05, 0.1) is 32.2 Å². The van der Waals surface area contributed by atoms with Crippen LogP contribution in [0.3, 0.4) is 0 Å². The number of anilines is 1. The lowest BCUT2D eigenvalue weighted by Gasteiger charge is -2.27. The molecule has 1 aromatic carbocycles. The van der Waals surface area contributed by atoms with Gasteiger partial charge in [-0.1, -0.05) is 12.1 Å². The van der Waals surface area contributed by atoms with E-state index in [1.807, 2.05) is 0 Å². The van der Waals surface area contributed by atoms with Crippen LogP contribution in [0.25, 0.3) is 11.2 Å². The van der Waals surface area contributed by atoms with E-state index in [0.717, 1.165) is 18.9 Å². The molecule has 0 bridgehead atoms. The number of imidazole rings is 1. The van der Waals surface area contributed by atoms with Gasteiger partial charge in [-0.3, -0.25) is 0 Å². The van der Waals surface area contributed by atoms with Crippen molar-refractivity contribution in [1.29, 1.82) is 0 Å². The topological polar surface area (TPSA) is 76.3 Å². The van der Waals surface area contributed by atoms with Gasteiger partial charge in [-0.25, -0.2) is 19.3 Å². The highest BCUT2D eigenvalue weighted by atomic mass is 19.1. The standard InChI is InChI=1S/C17H18FN5O2/c18-13-3-1-12(2-4-13)14(24)9-23-11-21-15-16(19-10-20-17(15)23)22-5-7-25-8-6-22/h1-4,10-11,14,24H,5-9H2. The first-order valence-corrected chi connectivity index (χ1v) is 8.14. The van der Waals surface area contributed by atoms with Crippen LogP contribution in [0.1, 0.15) is 11.7 Å². The molecule has 3 aromatic rings. The molecule has 1 N–H and O–H groups in total. The van der Waals surface area contributed by atoms with E-state index >= 15 is 0 Å². The summed E-state index contributed by atoms with van der Waals surface area (Å²) in [7, 11) is 0. The molecule has 8 heteroatoms. The molecule has 3 heterocycles. The maximum absolute atomic E-state index is 13.0. The summed E-state index contributed by atoms with van der Waals surface area (Å²) in [5.41, 5.74) is 2.01. The van der Waals surface area contributed by atoms with Crippen LogP contribution in [0.15, 0.2) is 36.9 Å². The molecule has 1 unspecified atom stereocenters. The number of ether oxygens (including phenoxy) is 1. The number of hydrogen-bond donors (Lipinski definition) is 1. The SMILES string of the molecule is OC(Cn1cnc2c(N3CCOCC3)ncnc21)c1ccc(F)cc1. The van der Waals surface area contributed by atoms with Crippen molar-refractivity contribution >= 4 is 17.0 Å². The van der Waals surface area contributed by atoms with Crippen LogP contribution in [0.2, 0.25) is 0 Å². The van der Waals surface area contributed by atoms with Gasteiger partial charge >= 0.3 is 0 Å². The lowest BCUT2D eigenvalue weighted by molar-refractivity contribution is 0.122. The van der Waals surface area contributed by atoms with E-state index in [-0.39, 0.29) is 12.4 Å². The van der Waals surface area contributed by atoms with Crippen molar-refractivity contribution in [2.24, 2.45) is 0 Å². The maximum atomic E-state index is 13.0. The minimum atomic E-state index is -0.778. The highest BCUT2D eigenvalue weighted by Crippen LogP contribution is 2.24. The number of nitrogens with zero attached hydrogens (tertiary/aromatic N) is 5. The Kier molecular flexibility index (Phi) is 4.29. The third kappa shape index (κ3) is 3.18. The molecule has 0 saturated carbocycles. The molecule has 7 nitrogen and oxygen atoms in total. The molecule has 1 saturated heterocycles. The predicted molar refractivity (Wildman–Crippen MR) is 89.7 cm³/mol. The second kappa shape index (κ2) is 6.73. The fraction of sp³-hybridized carbons (Fsp3) is 0.353. The summed E-state index contributed by atoms with van der Waals surface area (Å²) in [6, 6.07) is 5.83. The molecule has 1 atom stereocenters. The molecule has 4 rings (SSSR count). The first kappa shape index (κ1) is 15.9. The first-order chi connectivity index (χ1) is 12.2. The molecule has 0 aliphatic carbocycles. The van der Waals surface area contributed by atoms with Gasteiger partial charge < -0.3 is 19.3 Å². The minimum absolute atomic E-state index is 0.279. The number of morpholine rings is 1. The second-order valence-electron chi connectivity index (χ2n) is 5.93. The minimum Gasteiger partial charge on any atom is -0.387 e. The number of aromatic nitrogens is 4. The van der Waals surface area contributed by atoms with Crippen LogP contribution in [0.4, 0.5) is 10.2 Å². The Balaban J connectivity index is 1.61. The molecule has 1 fully saturated rings. The largest absolute Gasteiger partial charge is 0.387 e. The number of benzene rings is 1. The number of fused-ring (bicyclic) bond motifs is 1. The first-order valence-electron chi connectivity index (χ1n) is 8.14. The van der Waals surface area contributed by atoms with Crippen molar-refractivity contribution in [3.8, 4) is 0 Å². The molecule has 1 aliphatic heterocycles. The van der Waals surface area contributed by atoms with Crippen molar-refractivity contribution in [2.45, 2.75) is 12.6 Å². The average Bonchev–Trinajstić information content (AvgIpc) is 3.06.